The molecule has 0 aromatic carbocycles. The number of nitrogens with zero attached hydrogens (tertiary/aromatic N) is 3. The standard InChI is InChI=1S/C12H15N3O2S/c1-2-3-10-13-9(7-18-10)12-14-11(15-17-12)8-4-5-16-6-8/h7-8H,2-6H2,1H3/t8-/m1/s1. The van der Waals surface area contributed by atoms with E-state index in [0.717, 1.165) is 42.4 Å². The lowest BCUT2D eigenvalue weighted by atomic mass is 10.1. The summed E-state index contributed by atoms with van der Waals surface area (Å²) in [6.07, 6.45) is 3.07. The molecular formula is C12H15N3O2S. The van der Waals surface area contributed by atoms with Crippen molar-refractivity contribution in [2.24, 2.45) is 0 Å². The number of hydrogen-bond acceptors (Lipinski definition) is 6. The van der Waals surface area contributed by atoms with Crippen LogP contribution in [0.15, 0.2) is 9.90 Å². The van der Waals surface area contributed by atoms with Crippen LogP contribution in [-0.2, 0) is 11.2 Å². The number of aromatic nitrogens is 3. The Morgan fingerprint density at radius 1 is 1.44 bits per heavy atom. The molecule has 2 aromatic rings. The predicted octanol–water partition coefficient (Wildman–Crippen LogP) is 2.65. The molecule has 1 aliphatic rings. The van der Waals surface area contributed by atoms with Crippen molar-refractivity contribution in [3.63, 3.8) is 0 Å². The van der Waals surface area contributed by atoms with E-state index in [1.807, 2.05) is 5.38 Å². The van der Waals surface area contributed by atoms with Gasteiger partial charge in [-0.3, -0.25) is 0 Å². The van der Waals surface area contributed by atoms with Crippen molar-refractivity contribution in [3.05, 3.63) is 16.2 Å². The third-order valence-corrected chi connectivity index (χ3v) is 3.88. The summed E-state index contributed by atoms with van der Waals surface area (Å²) in [6.45, 7) is 3.62. The van der Waals surface area contributed by atoms with Crippen LogP contribution in [0.25, 0.3) is 11.6 Å². The molecule has 0 radical (unpaired) electrons. The van der Waals surface area contributed by atoms with Gasteiger partial charge in [0.05, 0.1) is 11.6 Å². The Morgan fingerprint density at radius 2 is 2.39 bits per heavy atom. The monoisotopic (exact) mass is 265 g/mol. The van der Waals surface area contributed by atoms with E-state index in [2.05, 4.69) is 22.0 Å². The zero-order chi connectivity index (χ0) is 12.4. The highest BCUT2D eigenvalue weighted by Gasteiger charge is 2.24. The third kappa shape index (κ3) is 2.30. The summed E-state index contributed by atoms with van der Waals surface area (Å²) < 4.78 is 10.6. The van der Waals surface area contributed by atoms with E-state index in [0.29, 0.717) is 12.5 Å². The Labute approximate surface area is 109 Å². The highest BCUT2D eigenvalue weighted by molar-refractivity contribution is 7.09. The van der Waals surface area contributed by atoms with Crippen LogP contribution >= 0.6 is 11.3 Å². The molecule has 1 atom stereocenters. The molecule has 0 unspecified atom stereocenters. The molecule has 3 heterocycles. The lowest BCUT2D eigenvalue weighted by Gasteiger charge is -1.97. The summed E-state index contributed by atoms with van der Waals surface area (Å²) in [4.78, 5) is 8.92. The Morgan fingerprint density at radius 3 is 3.17 bits per heavy atom. The number of aryl methyl sites for hydroxylation is 1. The zero-order valence-electron chi connectivity index (χ0n) is 10.3. The van der Waals surface area contributed by atoms with E-state index in [1.54, 1.807) is 11.3 Å². The first kappa shape index (κ1) is 11.8. The first-order chi connectivity index (χ1) is 8.86. The van der Waals surface area contributed by atoms with E-state index in [9.17, 15) is 0 Å². The first-order valence-corrected chi connectivity index (χ1v) is 7.11. The molecule has 18 heavy (non-hydrogen) atoms. The molecular weight excluding hydrogens is 250 g/mol. The molecule has 5 nitrogen and oxygen atoms in total. The van der Waals surface area contributed by atoms with Crippen molar-refractivity contribution in [3.8, 4) is 11.6 Å². The second-order valence-electron chi connectivity index (χ2n) is 4.39. The average Bonchev–Trinajstić information content (AvgIpc) is 3.10. The number of hydrogen-bond donors (Lipinski definition) is 0. The quantitative estimate of drug-likeness (QED) is 0.850. The molecule has 1 fully saturated rings. The van der Waals surface area contributed by atoms with Crippen LogP contribution in [0.2, 0.25) is 0 Å². The summed E-state index contributed by atoms with van der Waals surface area (Å²) in [5, 5.41) is 7.13. The van der Waals surface area contributed by atoms with Crippen LogP contribution in [-0.4, -0.2) is 28.3 Å². The zero-order valence-corrected chi connectivity index (χ0v) is 11.1. The maximum absolute atomic E-state index is 5.33. The summed E-state index contributed by atoms with van der Waals surface area (Å²) in [5.41, 5.74) is 0.793. The van der Waals surface area contributed by atoms with Crippen molar-refractivity contribution < 1.29 is 9.26 Å². The van der Waals surface area contributed by atoms with Gasteiger partial charge in [-0.15, -0.1) is 11.3 Å². The van der Waals surface area contributed by atoms with Gasteiger partial charge in [0.25, 0.3) is 5.89 Å². The average molecular weight is 265 g/mol. The molecule has 1 aliphatic heterocycles. The van der Waals surface area contributed by atoms with Crippen molar-refractivity contribution in [1.82, 2.24) is 15.1 Å². The first-order valence-electron chi connectivity index (χ1n) is 6.23. The van der Waals surface area contributed by atoms with E-state index >= 15 is 0 Å². The minimum atomic E-state index is 0.274. The van der Waals surface area contributed by atoms with Crippen molar-refractivity contribution >= 4 is 11.3 Å². The predicted molar refractivity (Wildman–Crippen MR) is 67.6 cm³/mol. The topological polar surface area (TPSA) is 61.0 Å². The maximum atomic E-state index is 5.33. The van der Waals surface area contributed by atoms with Gasteiger partial charge in [0, 0.05) is 17.9 Å². The molecule has 0 amide bonds. The lowest BCUT2D eigenvalue weighted by Crippen LogP contribution is -1.99. The summed E-state index contributed by atoms with van der Waals surface area (Å²) in [5.74, 6) is 1.54. The highest BCUT2D eigenvalue weighted by Crippen LogP contribution is 2.26. The Balaban J connectivity index is 1.78. The number of ether oxygens (including phenoxy) is 1. The molecule has 96 valence electrons. The Hall–Kier alpha value is -1.27. The van der Waals surface area contributed by atoms with Crippen molar-refractivity contribution in [1.29, 1.82) is 0 Å². The Kier molecular flexibility index (Phi) is 3.38. The van der Waals surface area contributed by atoms with Crippen molar-refractivity contribution in [2.45, 2.75) is 32.1 Å². The van der Waals surface area contributed by atoms with E-state index < -0.39 is 0 Å². The van der Waals surface area contributed by atoms with E-state index in [1.165, 1.54) is 0 Å². The Bertz CT molecular complexity index is 517. The molecule has 0 N–H and O–H groups in total. The summed E-state index contributed by atoms with van der Waals surface area (Å²) in [6, 6.07) is 0. The normalized spacial score (nSPS) is 19.5. The number of thiazole rings is 1. The second kappa shape index (κ2) is 5.16. The van der Waals surface area contributed by atoms with Gasteiger partial charge >= 0.3 is 0 Å². The minimum Gasteiger partial charge on any atom is -0.381 e. The van der Waals surface area contributed by atoms with Gasteiger partial charge in [-0.2, -0.15) is 4.98 Å². The second-order valence-corrected chi connectivity index (χ2v) is 5.34. The molecule has 0 aliphatic carbocycles. The van der Waals surface area contributed by atoms with Gasteiger partial charge < -0.3 is 9.26 Å². The van der Waals surface area contributed by atoms with Gasteiger partial charge in [0.1, 0.15) is 5.69 Å². The van der Waals surface area contributed by atoms with Crippen LogP contribution in [0.5, 0.6) is 0 Å². The fourth-order valence-corrected chi connectivity index (χ4v) is 2.85. The summed E-state index contributed by atoms with van der Waals surface area (Å²) in [7, 11) is 0. The molecule has 6 heteroatoms. The fourth-order valence-electron chi connectivity index (χ4n) is 1.98. The van der Waals surface area contributed by atoms with E-state index in [4.69, 9.17) is 9.26 Å². The molecule has 2 aromatic heterocycles. The minimum absolute atomic E-state index is 0.274. The molecule has 3 rings (SSSR count). The largest absolute Gasteiger partial charge is 0.381 e. The lowest BCUT2D eigenvalue weighted by molar-refractivity contribution is 0.192. The van der Waals surface area contributed by atoms with Gasteiger partial charge in [-0.1, -0.05) is 12.1 Å². The van der Waals surface area contributed by atoms with E-state index in [-0.39, 0.29) is 5.92 Å². The van der Waals surface area contributed by atoms with Gasteiger partial charge in [-0.05, 0) is 19.3 Å². The van der Waals surface area contributed by atoms with Gasteiger partial charge in [-0.25, -0.2) is 4.98 Å². The molecule has 0 saturated carbocycles. The van der Waals surface area contributed by atoms with Crippen LogP contribution in [0, 0.1) is 0 Å². The molecule has 1 saturated heterocycles. The van der Waals surface area contributed by atoms with Crippen LogP contribution < -0.4 is 0 Å². The SMILES string of the molecule is CCCc1nc(-c2nc([C@@H]3CCOC3)no2)cs1. The van der Waals surface area contributed by atoms with Crippen LogP contribution in [0.1, 0.15) is 36.5 Å². The number of rotatable bonds is 4. The molecule has 0 spiro atoms. The van der Waals surface area contributed by atoms with Crippen LogP contribution in [0.4, 0.5) is 0 Å². The third-order valence-electron chi connectivity index (χ3n) is 2.97. The summed E-state index contributed by atoms with van der Waals surface area (Å²) >= 11 is 1.65. The smallest absolute Gasteiger partial charge is 0.277 e. The molecule has 0 bridgehead atoms. The van der Waals surface area contributed by atoms with Gasteiger partial charge in [0.2, 0.25) is 0 Å². The van der Waals surface area contributed by atoms with Crippen molar-refractivity contribution in [2.75, 3.05) is 13.2 Å². The van der Waals surface area contributed by atoms with Gasteiger partial charge in [0.15, 0.2) is 5.82 Å². The maximum Gasteiger partial charge on any atom is 0.277 e. The highest BCUT2D eigenvalue weighted by atomic mass is 32.1. The van der Waals surface area contributed by atoms with Crippen LogP contribution in [0.3, 0.4) is 0 Å². The fraction of sp³-hybridized carbons (Fsp3) is 0.583.